The molecule has 0 aliphatic carbocycles. The molecule has 0 fully saturated rings. The van der Waals surface area contributed by atoms with E-state index in [0.29, 0.717) is 18.1 Å². The van der Waals surface area contributed by atoms with Gasteiger partial charge in [0.05, 0.1) is 5.56 Å². The third-order valence-electron chi connectivity index (χ3n) is 3.45. The maximum absolute atomic E-state index is 11.9. The Balaban J connectivity index is 2.04. The summed E-state index contributed by atoms with van der Waals surface area (Å²) in [5, 5.41) is 6.05. The molecule has 5 nitrogen and oxygen atoms in total. The summed E-state index contributed by atoms with van der Waals surface area (Å²) in [6, 6.07) is 6.08. The Bertz CT molecular complexity index is 617. The van der Waals surface area contributed by atoms with E-state index in [-0.39, 0.29) is 5.91 Å². The minimum Gasteiger partial charge on any atom is -0.352 e. The molecule has 1 heterocycles. The van der Waals surface area contributed by atoms with E-state index in [2.05, 4.69) is 27.5 Å². The number of anilines is 2. The Kier molecular flexibility index (Phi) is 5.47. The van der Waals surface area contributed by atoms with Crippen molar-refractivity contribution in [2.45, 2.75) is 33.6 Å². The number of hydrogen-bond donors (Lipinski definition) is 2. The number of rotatable bonds is 6. The van der Waals surface area contributed by atoms with Crippen LogP contribution in [0.5, 0.6) is 0 Å². The molecule has 22 heavy (non-hydrogen) atoms. The number of benzene rings is 1. The van der Waals surface area contributed by atoms with Crippen LogP contribution in [0.15, 0.2) is 30.6 Å². The van der Waals surface area contributed by atoms with E-state index in [9.17, 15) is 4.79 Å². The van der Waals surface area contributed by atoms with Crippen LogP contribution in [0.4, 0.5) is 11.6 Å². The molecule has 1 amide bonds. The van der Waals surface area contributed by atoms with Gasteiger partial charge in [-0.15, -0.1) is 0 Å². The van der Waals surface area contributed by atoms with Crippen molar-refractivity contribution in [1.29, 1.82) is 0 Å². The molecule has 2 aromatic rings. The molecular weight excluding hydrogens is 276 g/mol. The average molecular weight is 298 g/mol. The summed E-state index contributed by atoms with van der Waals surface area (Å²) >= 11 is 0. The van der Waals surface area contributed by atoms with Crippen LogP contribution in [0, 0.1) is 13.8 Å². The van der Waals surface area contributed by atoms with Crippen LogP contribution in [0.25, 0.3) is 0 Å². The highest BCUT2D eigenvalue weighted by atomic mass is 16.1. The fourth-order valence-corrected chi connectivity index (χ4v) is 2.11. The fraction of sp³-hybridized carbons (Fsp3) is 0.353. The molecule has 0 spiro atoms. The maximum Gasteiger partial charge on any atom is 0.254 e. The first-order valence-electron chi connectivity index (χ1n) is 7.55. The van der Waals surface area contributed by atoms with Gasteiger partial charge in [0.2, 0.25) is 5.95 Å². The van der Waals surface area contributed by atoms with Crippen LogP contribution < -0.4 is 10.6 Å². The summed E-state index contributed by atoms with van der Waals surface area (Å²) in [5.74, 6) is 0.356. The molecule has 1 aromatic carbocycles. The van der Waals surface area contributed by atoms with Gasteiger partial charge < -0.3 is 10.6 Å². The first-order chi connectivity index (χ1) is 10.6. The van der Waals surface area contributed by atoms with Crippen molar-refractivity contribution in [3.8, 4) is 0 Å². The van der Waals surface area contributed by atoms with Crippen molar-refractivity contribution in [2.75, 3.05) is 11.9 Å². The van der Waals surface area contributed by atoms with Crippen LogP contribution in [0.2, 0.25) is 0 Å². The van der Waals surface area contributed by atoms with Gasteiger partial charge in [0.15, 0.2) is 0 Å². The smallest absolute Gasteiger partial charge is 0.254 e. The first-order valence-corrected chi connectivity index (χ1v) is 7.55. The Morgan fingerprint density at radius 3 is 2.36 bits per heavy atom. The van der Waals surface area contributed by atoms with Crippen molar-refractivity contribution >= 4 is 17.5 Å². The van der Waals surface area contributed by atoms with Gasteiger partial charge >= 0.3 is 0 Å². The largest absolute Gasteiger partial charge is 0.352 e. The molecule has 0 atom stereocenters. The quantitative estimate of drug-likeness (QED) is 0.802. The minimum absolute atomic E-state index is 0.132. The van der Waals surface area contributed by atoms with Crippen LogP contribution >= 0.6 is 0 Å². The predicted octanol–water partition coefficient (Wildman–Crippen LogP) is 3.37. The third-order valence-corrected chi connectivity index (χ3v) is 3.45. The number of hydrogen-bond acceptors (Lipinski definition) is 4. The molecular formula is C17H22N4O. The SMILES string of the molecule is CCCCNC(=O)c1cnc(Nc2c(C)cccc2C)nc1. The van der Waals surface area contributed by atoms with Crippen LogP contribution in [-0.2, 0) is 0 Å². The summed E-state index contributed by atoms with van der Waals surface area (Å²) in [4.78, 5) is 20.3. The van der Waals surface area contributed by atoms with Crippen molar-refractivity contribution in [2.24, 2.45) is 0 Å². The summed E-state index contributed by atoms with van der Waals surface area (Å²) < 4.78 is 0. The molecule has 5 heteroatoms. The molecule has 0 aliphatic rings. The lowest BCUT2D eigenvalue weighted by Gasteiger charge is -2.11. The molecule has 116 valence electrons. The number of para-hydroxylation sites is 1. The molecule has 0 unspecified atom stereocenters. The Labute approximate surface area is 131 Å². The van der Waals surface area contributed by atoms with Gasteiger partial charge in [0, 0.05) is 24.6 Å². The number of nitrogens with one attached hydrogen (secondary N) is 2. The number of amides is 1. The van der Waals surface area contributed by atoms with Gasteiger partial charge in [-0.3, -0.25) is 4.79 Å². The number of aromatic nitrogens is 2. The summed E-state index contributed by atoms with van der Waals surface area (Å²) in [6.07, 6.45) is 5.11. The molecule has 0 saturated heterocycles. The second-order valence-electron chi connectivity index (χ2n) is 5.30. The molecule has 2 N–H and O–H groups in total. The zero-order valence-corrected chi connectivity index (χ0v) is 13.3. The number of carbonyl (C=O) groups excluding carboxylic acids is 1. The highest BCUT2D eigenvalue weighted by Crippen LogP contribution is 2.22. The van der Waals surface area contributed by atoms with Gasteiger partial charge in [-0.05, 0) is 31.4 Å². The lowest BCUT2D eigenvalue weighted by molar-refractivity contribution is 0.0952. The number of aryl methyl sites for hydroxylation is 2. The normalized spacial score (nSPS) is 10.3. The molecule has 0 bridgehead atoms. The summed E-state index contributed by atoms with van der Waals surface area (Å²) in [7, 11) is 0. The Hall–Kier alpha value is -2.43. The second kappa shape index (κ2) is 7.54. The maximum atomic E-state index is 11.9. The highest BCUT2D eigenvalue weighted by Gasteiger charge is 2.08. The van der Waals surface area contributed by atoms with Crippen LogP contribution in [-0.4, -0.2) is 22.4 Å². The number of unbranched alkanes of at least 4 members (excludes halogenated alkanes) is 1. The Morgan fingerprint density at radius 1 is 1.14 bits per heavy atom. The average Bonchev–Trinajstić information content (AvgIpc) is 2.52. The first kappa shape index (κ1) is 15.9. The predicted molar refractivity (Wildman–Crippen MR) is 88.5 cm³/mol. The van der Waals surface area contributed by atoms with Crippen LogP contribution in [0.3, 0.4) is 0 Å². The lowest BCUT2D eigenvalue weighted by atomic mass is 10.1. The van der Waals surface area contributed by atoms with Gasteiger partial charge in [-0.25, -0.2) is 9.97 Å². The van der Waals surface area contributed by atoms with Crippen molar-refractivity contribution in [3.05, 3.63) is 47.3 Å². The zero-order valence-electron chi connectivity index (χ0n) is 13.3. The van der Waals surface area contributed by atoms with E-state index in [1.54, 1.807) is 12.4 Å². The number of carbonyl (C=O) groups is 1. The molecule has 0 saturated carbocycles. The second-order valence-corrected chi connectivity index (χ2v) is 5.30. The van der Waals surface area contributed by atoms with E-state index in [0.717, 1.165) is 29.7 Å². The Morgan fingerprint density at radius 2 is 1.77 bits per heavy atom. The summed E-state index contributed by atoms with van der Waals surface area (Å²) in [6.45, 7) is 6.83. The van der Waals surface area contributed by atoms with Crippen molar-refractivity contribution in [1.82, 2.24) is 15.3 Å². The van der Waals surface area contributed by atoms with Gasteiger partial charge in [-0.1, -0.05) is 31.5 Å². The molecule has 0 aliphatic heterocycles. The number of nitrogens with zero attached hydrogens (tertiary/aromatic N) is 2. The third kappa shape index (κ3) is 4.04. The highest BCUT2D eigenvalue weighted by molar-refractivity contribution is 5.93. The van der Waals surface area contributed by atoms with Gasteiger partial charge in [-0.2, -0.15) is 0 Å². The van der Waals surface area contributed by atoms with E-state index < -0.39 is 0 Å². The van der Waals surface area contributed by atoms with Crippen molar-refractivity contribution in [3.63, 3.8) is 0 Å². The molecule has 0 radical (unpaired) electrons. The van der Waals surface area contributed by atoms with Crippen molar-refractivity contribution < 1.29 is 4.79 Å². The van der Waals surface area contributed by atoms with E-state index >= 15 is 0 Å². The summed E-state index contributed by atoms with van der Waals surface area (Å²) in [5.41, 5.74) is 3.74. The zero-order chi connectivity index (χ0) is 15.9. The molecule has 2 rings (SSSR count). The van der Waals surface area contributed by atoms with E-state index in [1.165, 1.54) is 0 Å². The van der Waals surface area contributed by atoms with E-state index in [4.69, 9.17) is 0 Å². The van der Waals surface area contributed by atoms with E-state index in [1.807, 2.05) is 32.0 Å². The topological polar surface area (TPSA) is 66.9 Å². The fourth-order valence-electron chi connectivity index (χ4n) is 2.11. The standard InChI is InChI=1S/C17H22N4O/c1-4-5-9-18-16(22)14-10-19-17(20-11-14)21-15-12(2)7-6-8-13(15)3/h6-8,10-11H,4-5,9H2,1-3H3,(H,18,22)(H,19,20,21). The molecule has 1 aromatic heterocycles. The minimum atomic E-state index is -0.132. The lowest BCUT2D eigenvalue weighted by Crippen LogP contribution is -2.24. The van der Waals surface area contributed by atoms with Gasteiger partial charge in [0.1, 0.15) is 0 Å². The van der Waals surface area contributed by atoms with Crippen LogP contribution in [0.1, 0.15) is 41.3 Å². The monoisotopic (exact) mass is 298 g/mol. The van der Waals surface area contributed by atoms with Gasteiger partial charge in [0.25, 0.3) is 5.91 Å².